The third-order valence-electron chi connectivity index (χ3n) is 5.80. The number of nitrogens with zero attached hydrogens (tertiary/aromatic N) is 2. The molecule has 1 saturated heterocycles. The molecule has 2 aromatic carbocycles. The molecule has 1 aliphatic heterocycles. The van der Waals surface area contributed by atoms with Crippen LogP contribution >= 0.6 is 0 Å². The van der Waals surface area contributed by atoms with Crippen LogP contribution in [0.2, 0.25) is 0 Å². The predicted molar refractivity (Wildman–Crippen MR) is 136 cm³/mol. The van der Waals surface area contributed by atoms with Crippen molar-refractivity contribution in [3.8, 4) is 11.5 Å². The number of aromatic nitrogens is 1. The van der Waals surface area contributed by atoms with Crippen LogP contribution in [0.5, 0.6) is 11.5 Å². The van der Waals surface area contributed by atoms with Gasteiger partial charge in [0.25, 0.3) is 11.7 Å². The van der Waals surface area contributed by atoms with Crippen LogP contribution in [0.15, 0.2) is 72.4 Å². The number of aliphatic hydroxyl groups excluding tert-OH is 1. The summed E-state index contributed by atoms with van der Waals surface area (Å²) in [7, 11) is 2.92. The highest BCUT2D eigenvalue weighted by molar-refractivity contribution is 6.51. The molecular formula is C28H26N2O7. The van der Waals surface area contributed by atoms with E-state index in [2.05, 4.69) is 4.98 Å². The molecule has 1 aliphatic rings. The first-order valence-electron chi connectivity index (χ1n) is 11.5. The van der Waals surface area contributed by atoms with E-state index in [1.807, 2.05) is 0 Å². The Morgan fingerprint density at radius 3 is 2.32 bits per heavy atom. The lowest BCUT2D eigenvalue weighted by molar-refractivity contribution is -0.132. The minimum atomic E-state index is -1.03. The van der Waals surface area contributed by atoms with E-state index in [-0.39, 0.29) is 23.0 Å². The number of rotatable bonds is 7. The van der Waals surface area contributed by atoms with Gasteiger partial charge >= 0.3 is 5.97 Å². The normalized spacial score (nSPS) is 16.7. The van der Waals surface area contributed by atoms with Gasteiger partial charge in [0, 0.05) is 18.0 Å². The van der Waals surface area contributed by atoms with Crippen LogP contribution in [0.4, 0.5) is 5.69 Å². The number of amides is 1. The number of aliphatic hydroxyl groups is 1. The highest BCUT2D eigenvalue weighted by Crippen LogP contribution is 2.43. The van der Waals surface area contributed by atoms with Gasteiger partial charge in [-0.3, -0.25) is 19.5 Å². The number of hydrogen-bond donors (Lipinski definition) is 1. The van der Waals surface area contributed by atoms with Crippen LogP contribution in [-0.2, 0) is 14.3 Å². The number of ether oxygens (including phenoxy) is 3. The number of ketones is 1. The predicted octanol–water partition coefficient (Wildman–Crippen LogP) is 4.29. The van der Waals surface area contributed by atoms with Crippen molar-refractivity contribution in [3.05, 3.63) is 89.3 Å². The maximum Gasteiger partial charge on any atom is 0.338 e. The first kappa shape index (κ1) is 25.4. The summed E-state index contributed by atoms with van der Waals surface area (Å²) >= 11 is 0. The Kier molecular flexibility index (Phi) is 7.24. The number of carbonyl (C=O) groups is 3. The zero-order valence-electron chi connectivity index (χ0n) is 20.8. The molecule has 9 heteroatoms. The molecule has 37 heavy (non-hydrogen) atoms. The number of carbonyl (C=O) groups excluding carboxylic acids is 3. The van der Waals surface area contributed by atoms with Gasteiger partial charge in [-0.1, -0.05) is 6.07 Å². The van der Waals surface area contributed by atoms with Gasteiger partial charge in [0.2, 0.25) is 0 Å². The number of anilines is 1. The number of esters is 1. The minimum Gasteiger partial charge on any atom is -0.507 e. The van der Waals surface area contributed by atoms with E-state index in [1.165, 1.54) is 37.4 Å². The largest absolute Gasteiger partial charge is 0.507 e. The molecular weight excluding hydrogens is 476 g/mol. The molecule has 190 valence electrons. The molecule has 0 aliphatic carbocycles. The van der Waals surface area contributed by atoms with Crippen molar-refractivity contribution < 1.29 is 33.7 Å². The van der Waals surface area contributed by atoms with Gasteiger partial charge in [0.05, 0.1) is 42.7 Å². The molecule has 3 aromatic rings. The fourth-order valence-electron chi connectivity index (χ4n) is 4.10. The van der Waals surface area contributed by atoms with Gasteiger partial charge < -0.3 is 19.3 Å². The zero-order chi connectivity index (χ0) is 26.7. The van der Waals surface area contributed by atoms with Crippen LogP contribution in [0.25, 0.3) is 5.76 Å². The van der Waals surface area contributed by atoms with E-state index in [9.17, 15) is 19.5 Å². The number of benzene rings is 2. The van der Waals surface area contributed by atoms with Crippen LogP contribution < -0.4 is 14.4 Å². The van der Waals surface area contributed by atoms with Gasteiger partial charge in [0.1, 0.15) is 23.3 Å². The molecule has 1 aromatic heterocycles. The van der Waals surface area contributed by atoms with E-state index in [0.717, 1.165) is 0 Å². The molecule has 4 rings (SSSR count). The Hall–Kier alpha value is -4.66. The SMILES string of the molecule is COc1ccc(/C(O)=C2/C(=O)C(=O)N(c3ccc(C(=O)OC(C)C)cc3)C2c2ccccn2)c(OC)c1. The smallest absolute Gasteiger partial charge is 0.338 e. The van der Waals surface area contributed by atoms with Crippen molar-refractivity contribution in [2.24, 2.45) is 0 Å². The van der Waals surface area contributed by atoms with Crippen LogP contribution in [0.3, 0.4) is 0 Å². The molecule has 1 fully saturated rings. The van der Waals surface area contributed by atoms with E-state index in [0.29, 0.717) is 22.7 Å². The highest BCUT2D eigenvalue weighted by Gasteiger charge is 2.47. The Morgan fingerprint density at radius 2 is 1.73 bits per heavy atom. The minimum absolute atomic E-state index is 0.143. The van der Waals surface area contributed by atoms with Gasteiger partial charge in [-0.05, 0) is 62.4 Å². The van der Waals surface area contributed by atoms with Crippen molar-refractivity contribution in [3.63, 3.8) is 0 Å². The highest BCUT2D eigenvalue weighted by atomic mass is 16.5. The van der Waals surface area contributed by atoms with Crippen molar-refractivity contribution in [1.82, 2.24) is 4.98 Å². The monoisotopic (exact) mass is 502 g/mol. The van der Waals surface area contributed by atoms with Crippen molar-refractivity contribution in [2.45, 2.75) is 26.0 Å². The topological polar surface area (TPSA) is 115 Å². The average molecular weight is 503 g/mol. The number of hydrogen-bond acceptors (Lipinski definition) is 8. The maximum absolute atomic E-state index is 13.3. The van der Waals surface area contributed by atoms with Crippen molar-refractivity contribution in [2.75, 3.05) is 19.1 Å². The number of Topliss-reactive ketones (excluding diaryl/α,β-unsaturated/α-hetero) is 1. The summed E-state index contributed by atoms with van der Waals surface area (Å²) in [5, 5.41) is 11.4. The van der Waals surface area contributed by atoms with Gasteiger partial charge in [0.15, 0.2) is 0 Å². The Labute approximate surface area is 213 Å². The zero-order valence-corrected chi connectivity index (χ0v) is 20.8. The molecule has 0 spiro atoms. The fraction of sp³-hybridized carbons (Fsp3) is 0.214. The molecule has 1 atom stereocenters. The third kappa shape index (κ3) is 4.88. The summed E-state index contributed by atoms with van der Waals surface area (Å²) in [5.74, 6) is -1.89. The molecule has 9 nitrogen and oxygen atoms in total. The summed E-state index contributed by atoms with van der Waals surface area (Å²) in [6.45, 7) is 3.49. The molecule has 1 unspecified atom stereocenters. The van der Waals surface area contributed by atoms with Gasteiger partial charge in [-0.15, -0.1) is 0 Å². The summed E-state index contributed by atoms with van der Waals surface area (Å²) in [5.41, 5.74) is 1.09. The lowest BCUT2D eigenvalue weighted by Gasteiger charge is -2.25. The van der Waals surface area contributed by atoms with Crippen LogP contribution in [-0.4, -0.2) is 48.1 Å². The molecule has 2 heterocycles. The average Bonchev–Trinajstić information content (AvgIpc) is 3.18. The second-order valence-electron chi connectivity index (χ2n) is 8.49. The first-order chi connectivity index (χ1) is 17.8. The molecule has 0 saturated carbocycles. The van der Waals surface area contributed by atoms with Crippen molar-refractivity contribution >= 4 is 29.1 Å². The number of methoxy groups -OCH3 is 2. The lowest BCUT2D eigenvalue weighted by atomic mass is 9.97. The third-order valence-corrected chi connectivity index (χ3v) is 5.80. The summed E-state index contributed by atoms with van der Waals surface area (Å²) in [6, 6.07) is 14.9. The second kappa shape index (κ2) is 10.5. The van der Waals surface area contributed by atoms with Gasteiger partial charge in [-0.2, -0.15) is 0 Å². The molecule has 0 radical (unpaired) electrons. The fourth-order valence-corrected chi connectivity index (χ4v) is 4.10. The quantitative estimate of drug-likeness (QED) is 0.220. The van der Waals surface area contributed by atoms with Crippen LogP contribution in [0.1, 0.15) is 41.5 Å². The lowest BCUT2D eigenvalue weighted by Crippen LogP contribution is -2.29. The first-order valence-corrected chi connectivity index (χ1v) is 11.5. The summed E-state index contributed by atoms with van der Waals surface area (Å²) in [6.07, 6.45) is 1.25. The second-order valence-corrected chi connectivity index (χ2v) is 8.49. The number of pyridine rings is 1. The van der Waals surface area contributed by atoms with E-state index in [4.69, 9.17) is 14.2 Å². The summed E-state index contributed by atoms with van der Waals surface area (Å²) in [4.78, 5) is 44.5. The van der Waals surface area contributed by atoms with Gasteiger partial charge in [-0.25, -0.2) is 4.79 Å². The standard InChI is InChI=1S/C28H26N2O7/c1-16(2)37-28(34)17-8-10-18(11-9-17)30-24(21-7-5-6-14-29-21)23(26(32)27(30)33)25(31)20-13-12-19(35-3)15-22(20)36-4/h5-16,24,31H,1-4H3/b25-23-. The van der Waals surface area contributed by atoms with E-state index < -0.39 is 29.5 Å². The molecule has 0 bridgehead atoms. The molecule has 1 N–H and O–H groups in total. The Bertz CT molecular complexity index is 1370. The van der Waals surface area contributed by atoms with Crippen LogP contribution in [0, 0.1) is 0 Å². The Balaban J connectivity index is 1.85. The van der Waals surface area contributed by atoms with E-state index >= 15 is 0 Å². The summed E-state index contributed by atoms with van der Waals surface area (Å²) < 4.78 is 15.8. The van der Waals surface area contributed by atoms with E-state index in [1.54, 1.807) is 62.4 Å². The maximum atomic E-state index is 13.3. The molecule has 1 amide bonds. The Morgan fingerprint density at radius 1 is 1.00 bits per heavy atom. The van der Waals surface area contributed by atoms with Crippen molar-refractivity contribution in [1.29, 1.82) is 0 Å².